The summed E-state index contributed by atoms with van der Waals surface area (Å²) in [5, 5.41) is 5.49. The van der Waals surface area contributed by atoms with Crippen molar-refractivity contribution in [1.29, 1.82) is 0 Å². The second-order valence-electron chi connectivity index (χ2n) is 4.99. The van der Waals surface area contributed by atoms with Gasteiger partial charge in [0.05, 0.1) is 6.61 Å². The van der Waals surface area contributed by atoms with E-state index in [0.29, 0.717) is 31.7 Å². The van der Waals surface area contributed by atoms with Crippen LogP contribution in [0.2, 0.25) is 0 Å². The fraction of sp³-hybridized carbons (Fsp3) is 0.294. The highest BCUT2D eigenvalue weighted by Crippen LogP contribution is 2.09. The molecular weight excluding hydrogens is 294 g/mol. The fourth-order valence-electron chi connectivity index (χ4n) is 2.05. The highest BCUT2D eigenvalue weighted by atomic mass is 16.5. The van der Waals surface area contributed by atoms with E-state index < -0.39 is 0 Å². The zero-order chi connectivity index (χ0) is 16.5. The first kappa shape index (κ1) is 16.8. The number of carbonyl (C=O) groups excluding carboxylic acids is 2. The molecule has 6 heteroatoms. The monoisotopic (exact) mass is 315 g/mol. The molecule has 0 atom stereocenters. The molecule has 0 aliphatic rings. The molecule has 0 spiro atoms. The molecule has 0 aliphatic carbocycles. The predicted octanol–water partition coefficient (Wildman–Crippen LogP) is 1.36. The Hall–Kier alpha value is -2.60. The molecule has 1 aromatic carbocycles. The number of aromatic nitrogens is 1. The van der Waals surface area contributed by atoms with E-state index in [-0.39, 0.29) is 11.8 Å². The van der Waals surface area contributed by atoms with Gasteiger partial charge in [0.1, 0.15) is 0 Å². The van der Waals surface area contributed by atoms with Gasteiger partial charge in [0.2, 0.25) is 5.91 Å². The van der Waals surface area contributed by atoms with Gasteiger partial charge in [0.25, 0.3) is 5.91 Å². The third kappa shape index (κ3) is 5.27. The average molecular weight is 315 g/mol. The summed E-state index contributed by atoms with van der Waals surface area (Å²) in [5.74, 6) is -0.243. The van der Waals surface area contributed by atoms with Gasteiger partial charge in [-0.2, -0.15) is 0 Å². The second-order valence-corrected chi connectivity index (χ2v) is 4.99. The van der Waals surface area contributed by atoms with Crippen LogP contribution in [-0.4, -0.2) is 43.2 Å². The van der Waals surface area contributed by atoms with E-state index >= 15 is 0 Å². The van der Waals surface area contributed by atoms with Crippen LogP contribution in [-0.2, 0) is 9.53 Å². The molecule has 2 rings (SSSR count). The number of benzene rings is 1. The summed E-state index contributed by atoms with van der Waals surface area (Å²) >= 11 is 0. The molecule has 0 fully saturated rings. The van der Waals surface area contributed by atoms with Crippen LogP contribution < -0.4 is 10.6 Å². The van der Waals surface area contributed by atoms with Crippen molar-refractivity contribution in [3.8, 4) is 5.69 Å². The number of carbonyl (C=O) groups is 2. The zero-order valence-electron chi connectivity index (χ0n) is 13.1. The van der Waals surface area contributed by atoms with Gasteiger partial charge in [-0.15, -0.1) is 0 Å². The van der Waals surface area contributed by atoms with Gasteiger partial charge in [-0.1, -0.05) is 0 Å². The minimum Gasteiger partial charge on any atom is -0.384 e. The first-order valence-electron chi connectivity index (χ1n) is 7.48. The van der Waals surface area contributed by atoms with E-state index in [1.807, 2.05) is 41.2 Å². The van der Waals surface area contributed by atoms with Gasteiger partial charge in [0, 0.05) is 50.3 Å². The van der Waals surface area contributed by atoms with E-state index in [4.69, 9.17) is 4.74 Å². The Kier molecular flexibility index (Phi) is 6.38. The van der Waals surface area contributed by atoms with Crippen molar-refractivity contribution in [2.75, 3.05) is 26.8 Å². The number of rotatable bonds is 8. The van der Waals surface area contributed by atoms with Gasteiger partial charge in [0.15, 0.2) is 0 Å². The standard InChI is InChI=1S/C17H21N3O3/c1-23-13-8-16(21)18-9-10-19-17(22)14-4-6-15(7-5-14)20-11-2-3-12-20/h2-7,11-12H,8-10,13H2,1H3,(H,18,21)(H,19,22). The van der Waals surface area contributed by atoms with Gasteiger partial charge in [-0.05, 0) is 36.4 Å². The van der Waals surface area contributed by atoms with Gasteiger partial charge >= 0.3 is 0 Å². The van der Waals surface area contributed by atoms with E-state index in [0.717, 1.165) is 5.69 Å². The summed E-state index contributed by atoms with van der Waals surface area (Å²) < 4.78 is 6.79. The van der Waals surface area contributed by atoms with Crippen molar-refractivity contribution >= 4 is 11.8 Å². The molecule has 23 heavy (non-hydrogen) atoms. The second kappa shape index (κ2) is 8.75. The maximum atomic E-state index is 12.0. The molecule has 0 unspecified atom stereocenters. The van der Waals surface area contributed by atoms with E-state index in [9.17, 15) is 9.59 Å². The minimum absolute atomic E-state index is 0.0859. The SMILES string of the molecule is COCCC(=O)NCCNC(=O)c1ccc(-n2cccc2)cc1. The average Bonchev–Trinajstić information content (AvgIpc) is 3.11. The zero-order valence-corrected chi connectivity index (χ0v) is 13.1. The highest BCUT2D eigenvalue weighted by Gasteiger charge is 2.05. The maximum Gasteiger partial charge on any atom is 0.251 e. The van der Waals surface area contributed by atoms with Crippen LogP contribution in [0.3, 0.4) is 0 Å². The molecule has 0 aliphatic heterocycles. The predicted molar refractivity (Wildman–Crippen MR) is 87.6 cm³/mol. The summed E-state index contributed by atoms with van der Waals surface area (Å²) in [7, 11) is 1.55. The Balaban J connectivity index is 1.74. The lowest BCUT2D eigenvalue weighted by Crippen LogP contribution is -2.34. The fourth-order valence-corrected chi connectivity index (χ4v) is 2.05. The summed E-state index contributed by atoms with van der Waals surface area (Å²) in [6, 6.07) is 11.2. The smallest absolute Gasteiger partial charge is 0.251 e. The third-order valence-corrected chi connectivity index (χ3v) is 3.30. The first-order chi connectivity index (χ1) is 11.2. The van der Waals surface area contributed by atoms with Crippen molar-refractivity contribution in [2.24, 2.45) is 0 Å². The van der Waals surface area contributed by atoms with Crippen LogP contribution in [0.4, 0.5) is 0 Å². The van der Waals surface area contributed by atoms with Crippen LogP contribution >= 0.6 is 0 Å². The van der Waals surface area contributed by atoms with Gasteiger partial charge < -0.3 is 19.9 Å². The summed E-state index contributed by atoms with van der Waals surface area (Å²) in [6.07, 6.45) is 4.22. The van der Waals surface area contributed by atoms with Gasteiger partial charge in [-0.25, -0.2) is 0 Å². The molecule has 0 radical (unpaired) electrons. The van der Waals surface area contributed by atoms with Crippen molar-refractivity contribution in [3.63, 3.8) is 0 Å². The number of nitrogens with zero attached hydrogens (tertiary/aromatic N) is 1. The number of hydrogen-bond donors (Lipinski definition) is 2. The van der Waals surface area contributed by atoms with Crippen LogP contribution in [0.15, 0.2) is 48.8 Å². The lowest BCUT2D eigenvalue weighted by atomic mass is 10.2. The summed E-state index contributed by atoms with van der Waals surface area (Å²) in [5.41, 5.74) is 1.59. The Labute approximate surface area is 135 Å². The van der Waals surface area contributed by atoms with Crippen LogP contribution in [0.1, 0.15) is 16.8 Å². The Bertz CT molecular complexity index is 621. The Morgan fingerprint density at radius 3 is 2.35 bits per heavy atom. The van der Waals surface area contributed by atoms with Crippen LogP contribution in [0.5, 0.6) is 0 Å². The normalized spacial score (nSPS) is 10.3. The molecule has 0 saturated carbocycles. The molecule has 1 heterocycles. The molecular formula is C17H21N3O3. The molecule has 1 aromatic heterocycles. The quantitative estimate of drug-likeness (QED) is 0.723. The third-order valence-electron chi connectivity index (χ3n) is 3.30. The molecule has 2 aromatic rings. The Morgan fingerprint density at radius 1 is 1.04 bits per heavy atom. The first-order valence-corrected chi connectivity index (χ1v) is 7.48. The number of amides is 2. The van der Waals surface area contributed by atoms with Crippen molar-refractivity contribution in [1.82, 2.24) is 15.2 Å². The molecule has 2 amide bonds. The minimum atomic E-state index is -0.157. The number of nitrogens with one attached hydrogen (secondary N) is 2. The molecule has 0 bridgehead atoms. The van der Waals surface area contributed by atoms with Crippen LogP contribution in [0, 0.1) is 0 Å². The summed E-state index contributed by atoms with van der Waals surface area (Å²) in [6.45, 7) is 1.18. The van der Waals surface area contributed by atoms with Crippen LogP contribution in [0.25, 0.3) is 5.69 Å². The maximum absolute atomic E-state index is 12.0. The van der Waals surface area contributed by atoms with Gasteiger partial charge in [-0.3, -0.25) is 9.59 Å². The topological polar surface area (TPSA) is 72.4 Å². The lowest BCUT2D eigenvalue weighted by Gasteiger charge is -2.08. The number of ether oxygens (including phenoxy) is 1. The molecule has 2 N–H and O–H groups in total. The van der Waals surface area contributed by atoms with Crippen molar-refractivity contribution in [3.05, 3.63) is 54.4 Å². The summed E-state index contributed by atoms with van der Waals surface area (Å²) in [4.78, 5) is 23.4. The lowest BCUT2D eigenvalue weighted by molar-refractivity contribution is -0.121. The van der Waals surface area contributed by atoms with E-state index in [1.54, 1.807) is 19.2 Å². The largest absolute Gasteiger partial charge is 0.384 e. The number of methoxy groups -OCH3 is 1. The Morgan fingerprint density at radius 2 is 1.70 bits per heavy atom. The molecule has 0 saturated heterocycles. The van der Waals surface area contributed by atoms with E-state index in [2.05, 4.69) is 10.6 Å². The highest BCUT2D eigenvalue weighted by molar-refractivity contribution is 5.94. The molecule has 6 nitrogen and oxygen atoms in total. The van der Waals surface area contributed by atoms with E-state index in [1.165, 1.54) is 0 Å². The number of hydrogen-bond acceptors (Lipinski definition) is 3. The van der Waals surface area contributed by atoms with Crippen molar-refractivity contribution < 1.29 is 14.3 Å². The molecule has 122 valence electrons. The van der Waals surface area contributed by atoms with Crippen molar-refractivity contribution in [2.45, 2.75) is 6.42 Å².